The average Bonchev–Trinajstić information content (AvgIpc) is 3.30. The van der Waals surface area contributed by atoms with Crippen molar-refractivity contribution in [1.29, 1.82) is 0 Å². The fourth-order valence-electron chi connectivity index (χ4n) is 5.32. The highest BCUT2D eigenvalue weighted by atomic mass is 35.5. The SMILES string of the molecule is Cc1cc(C)cc(N2C(=S)NC(c3ccccn3)C2c2cc(C)n(-c3cc(Cl)ccc3C)c2C)c1. The van der Waals surface area contributed by atoms with Crippen LogP contribution in [-0.2, 0) is 0 Å². The molecule has 1 aliphatic rings. The topological polar surface area (TPSA) is 33.1 Å². The van der Waals surface area contributed by atoms with E-state index in [1.807, 2.05) is 30.5 Å². The number of nitrogens with one attached hydrogen (secondary N) is 1. The number of hydrogen-bond acceptors (Lipinski definition) is 2. The Labute approximate surface area is 217 Å². The van der Waals surface area contributed by atoms with Crippen molar-refractivity contribution < 1.29 is 0 Å². The third-order valence-electron chi connectivity index (χ3n) is 6.78. The van der Waals surface area contributed by atoms with Crippen molar-refractivity contribution in [1.82, 2.24) is 14.9 Å². The highest BCUT2D eigenvalue weighted by molar-refractivity contribution is 7.80. The molecule has 3 heterocycles. The van der Waals surface area contributed by atoms with Gasteiger partial charge in [0.05, 0.1) is 17.8 Å². The number of thiocarbonyl (C=S) groups is 1. The van der Waals surface area contributed by atoms with Crippen LogP contribution in [0.25, 0.3) is 5.69 Å². The molecular formula is C29H29ClN4S. The van der Waals surface area contributed by atoms with E-state index in [4.69, 9.17) is 28.8 Å². The van der Waals surface area contributed by atoms with E-state index >= 15 is 0 Å². The summed E-state index contributed by atoms with van der Waals surface area (Å²) in [7, 11) is 0. The summed E-state index contributed by atoms with van der Waals surface area (Å²) in [6.07, 6.45) is 1.84. The number of halogens is 1. The molecule has 2 atom stereocenters. The van der Waals surface area contributed by atoms with Gasteiger partial charge in [-0.25, -0.2) is 0 Å². The summed E-state index contributed by atoms with van der Waals surface area (Å²) in [4.78, 5) is 6.96. The van der Waals surface area contributed by atoms with E-state index in [1.165, 1.54) is 27.9 Å². The quantitative estimate of drug-likeness (QED) is 0.299. The molecule has 4 aromatic rings. The van der Waals surface area contributed by atoms with Gasteiger partial charge >= 0.3 is 0 Å². The van der Waals surface area contributed by atoms with Crippen LogP contribution in [0.5, 0.6) is 0 Å². The summed E-state index contributed by atoms with van der Waals surface area (Å²) in [6, 6.07) is 20.8. The maximum Gasteiger partial charge on any atom is 0.174 e. The van der Waals surface area contributed by atoms with Crippen molar-refractivity contribution in [2.24, 2.45) is 0 Å². The minimum absolute atomic E-state index is 0.0574. The lowest BCUT2D eigenvalue weighted by molar-refractivity contribution is 0.565. The molecule has 0 aliphatic carbocycles. The normalized spacial score (nSPS) is 17.7. The van der Waals surface area contributed by atoms with E-state index in [0.29, 0.717) is 5.11 Å². The van der Waals surface area contributed by atoms with Crippen LogP contribution >= 0.6 is 23.8 Å². The summed E-state index contributed by atoms with van der Waals surface area (Å²) < 4.78 is 2.30. The number of hydrogen-bond donors (Lipinski definition) is 1. The monoisotopic (exact) mass is 500 g/mol. The van der Waals surface area contributed by atoms with Crippen LogP contribution in [0, 0.1) is 34.6 Å². The van der Waals surface area contributed by atoms with Gasteiger partial charge in [0, 0.05) is 34.0 Å². The van der Waals surface area contributed by atoms with E-state index in [0.717, 1.165) is 27.8 Å². The third-order valence-corrected chi connectivity index (χ3v) is 7.33. The number of rotatable bonds is 4. The van der Waals surface area contributed by atoms with Crippen LogP contribution in [0.1, 0.15) is 51.4 Å². The zero-order chi connectivity index (χ0) is 24.9. The predicted molar refractivity (Wildman–Crippen MR) is 149 cm³/mol. The molecule has 0 spiro atoms. The Bertz CT molecular complexity index is 1410. The molecule has 178 valence electrons. The molecule has 4 nitrogen and oxygen atoms in total. The van der Waals surface area contributed by atoms with E-state index in [1.54, 1.807) is 0 Å². The van der Waals surface area contributed by atoms with Gasteiger partial charge in [-0.15, -0.1) is 0 Å². The van der Waals surface area contributed by atoms with Crippen molar-refractivity contribution in [2.75, 3.05) is 4.90 Å². The number of pyridine rings is 1. The zero-order valence-electron chi connectivity index (χ0n) is 20.6. The van der Waals surface area contributed by atoms with Crippen LogP contribution < -0.4 is 10.2 Å². The largest absolute Gasteiger partial charge is 0.351 e. The lowest BCUT2D eigenvalue weighted by atomic mass is 9.96. The van der Waals surface area contributed by atoms with E-state index < -0.39 is 0 Å². The predicted octanol–water partition coefficient (Wildman–Crippen LogP) is 7.24. The molecule has 0 amide bonds. The minimum Gasteiger partial charge on any atom is -0.351 e. The molecule has 0 bridgehead atoms. The summed E-state index contributed by atoms with van der Waals surface area (Å²) in [5.74, 6) is 0. The highest BCUT2D eigenvalue weighted by Crippen LogP contribution is 2.44. The van der Waals surface area contributed by atoms with E-state index in [9.17, 15) is 0 Å². The molecule has 5 rings (SSSR count). The first kappa shape index (κ1) is 23.6. The molecule has 0 radical (unpaired) electrons. The van der Waals surface area contributed by atoms with Crippen LogP contribution in [0.3, 0.4) is 0 Å². The van der Waals surface area contributed by atoms with Gasteiger partial charge in [-0.1, -0.05) is 29.8 Å². The van der Waals surface area contributed by atoms with Crippen molar-refractivity contribution in [3.05, 3.63) is 111 Å². The first-order chi connectivity index (χ1) is 16.7. The maximum absolute atomic E-state index is 6.40. The standard InChI is InChI=1S/C29H29ClN4S/c1-17-12-18(2)14-23(13-17)34-28(27(32-29(34)35)25-8-6-7-11-31-25)24-15-20(4)33(21(24)5)26-16-22(30)10-9-19(26)3/h6-16,27-28H,1-5H3,(H,32,35). The molecule has 2 aromatic heterocycles. The Kier molecular flexibility index (Phi) is 6.16. The molecule has 1 fully saturated rings. The minimum atomic E-state index is -0.0843. The van der Waals surface area contributed by atoms with Crippen LogP contribution in [-0.4, -0.2) is 14.7 Å². The van der Waals surface area contributed by atoms with Gasteiger partial charge in [-0.2, -0.15) is 0 Å². The number of nitrogens with zero attached hydrogens (tertiary/aromatic N) is 3. The lowest BCUT2D eigenvalue weighted by Gasteiger charge is -2.29. The number of aromatic nitrogens is 2. The number of anilines is 1. The van der Waals surface area contributed by atoms with Crippen molar-refractivity contribution in [3.63, 3.8) is 0 Å². The van der Waals surface area contributed by atoms with E-state index in [2.05, 4.69) is 85.8 Å². The summed E-state index contributed by atoms with van der Waals surface area (Å²) in [5, 5.41) is 5.02. The Hall–Kier alpha value is -3.15. The fourth-order valence-corrected chi connectivity index (χ4v) is 5.83. The van der Waals surface area contributed by atoms with E-state index in [-0.39, 0.29) is 12.1 Å². The maximum atomic E-state index is 6.40. The second-order valence-corrected chi connectivity index (χ2v) is 10.3. The Balaban J connectivity index is 1.72. The van der Waals surface area contributed by atoms with Gasteiger partial charge in [-0.05, 0) is 112 Å². The molecule has 1 aliphatic heterocycles. The van der Waals surface area contributed by atoms with Crippen LogP contribution in [0.2, 0.25) is 5.02 Å². The van der Waals surface area contributed by atoms with Gasteiger partial charge in [0.1, 0.15) is 0 Å². The molecule has 0 saturated carbocycles. The molecule has 35 heavy (non-hydrogen) atoms. The van der Waals surface area contributed by atoms with Gasteiger partial charge < -0.3 is 14.8 Å². The zero-order valence-corrected chi connectivity index (χ0v) is 22.2. The van der Waals surface area contributed by atoms with Gasteiger partial charge in [0.25, 0.3) is 0 Å². The van der Waals surface area contributed by atoms with Crippen molar-refractivity contribution in [2.45, 2.75) is 46.7 Å². The number of benzene rings is 2. The molecule has 1 saturated heterocycles. The molecule has 1 N–H and O–H groups in total. The Morgan fingerprint density at radius 3 is 2.34 bits per heavy atom. The van der Waals surface area contributed by atoms with Gasteiger partial charge in [-0.3, -0.25) is 4.98 Å². The highest BCUT2D eigenvalue weighted by Gasteiger charge is 2.42. The Morgan fingerprint density at radius 1 is 0.914 bits per heavy atom. The van der Waals surface area contributed by atoms with Crippen LogP contribution in [0.4, 0.5) is 5.69 Å². The molecule has 2 aromatic carbocycles. The average molecular weight is 501 g/mol. The Morgan fingerprint density at radius 2 is 1.66 bits per heavy atom. The van der Waals surface area contributed by atoms with Crippen molar-refractivity contribution >= 4 is 34.6 Å². The second kappa shape index (κ2) is 9.14. The first-order valence-corrected chi connectivity index (χ1v) is 12.6. The number of aryl methyl sites for hydroxylation is 4. The summed E-state index contributed by atoms with van der Waals surface area (Å²) >= 11 is 12.3. The van der Waals surface area contributed by atoms with Crippen LogP contribution in [0.15, 0.2) is 66.9 Å². The third kappa shape index (κ3) is 4.24. The molecule has 6 heteroatoms. The smallest absolute Gasteiger partial charge is 0.174 e. The first-order valence-electron chi connectivity index (χ1n) is 11.8. The van der Waals surface area contributed by atoms with Gasteiger partial charge in [0.2, 0.25) is 0 Å². The molecule has 2 unspecified atom stereocenters. The summed E-state index contributed by atoms with van der Waals surface area (Å²) in [5.41, 5.74) is 10.3. The molecular weight excluding hydrogens is 472 g/mol. The lowest BCUT2D eigenvalue weighted by Crippen LogP contribution is -2.29. The van der Waals surface area contributed by atoms with Crippen molar-refractivity contribution in [3.8, 4) is 5.69 Å². The second-order valence-electron chi connectivity index (χ2n) is 9.44. The fraction of sp³-hybridized carbons (Fsp3) is 0.241. The van der Waals surface area contributed by atoms with Gasteiger partial charge in [0.15, 0.2) is 5.11 Å². The summed E-state index contributed by atoms with van der Waals surface area (Å²) in [6.45, 7) is 10.7.